The molecule has 0 unspecified atom stereocenters. The van der Waals surface area contributed by atoms with Crippen LogP contribution in [0.1, 0.15) is 24.4 Å². The zero-order valence-electron chi connectivity index (χ0n) is 11.9. The van der Waals surface area contributed by atoms with Gasteiger partial charge in [0, 0.05) is 44.2 Å². The first-order chi connectivity index (χ1) is 9.88. The summed E-state index contributed by atoms with van der Waals surface area (Å²) in [5, 5.41) is 13.4. The molecule has 1 aromatic rings. The molecule has 1 aromatic carbocycles. The third kappa shape index (κ3) is 5.19. The highest BCUT2D eigenvalue weighted by atomic mass is 35.5. The van der Waals surface area contributed by atoms with Crippen LogP contribution in [0.2, 0.25) is 5.02 Å². The van der Waals surface area contributed by atoms with Crippen LogP contribution in [0.25, 0.3) is 0 Å². The number of aromatic hydroxyl groups is 1. The van der Waals surface area contributed by atoms with Gasteiger partial charge in [0.1, 0.15) is 5.75 Å². The Morgan fingerprint density at radius 3 is 2.50 bits per heavy atom. The molecular weight excluding hydrogens is 340 g/mol. The van der Waals surface area contributed by atoms with E-state index in [0.29, 0.717) is 18.7 Å². The molecule has 2 N–H and O–H groups in total. The van der Waals surface area contributed by atoms with Crippen LogP contribution in [0.4, 0.5) is 13.2 Å². The zero-order chi connectivity index (χ0) is 15.5. The number of phenolic OH excluding ortho intramolecular Hbond substituents is 1. The van der Waals surface area contributed by atoms with Crippen molar-refractivity contribution in [1.82, 2.24) is 10.2 Å². The van der Waals surface area contributed by atoms with Crippen LogP contribution in [0.3, 0.4) is 0 Å². The molecule has 2 rings (SSSR count). The quantitative estimate of drug-likeness (QED) is 0.860. The topological polar surface area (TPSA) is 35.5 Å². The van der Waals surface area contributed by atoms with Gasteiger partial charge in [-0.1, -0.05) is 23.7 Å². The minimum Gasteiger partial charge on any atom is -0.506 e. The van der Waals surface area contributed by atoms with Crippen LogP contribution in [-0.4, -0.2) is 42.4 Å². The Morgan fingerprint density at radius 2 is 1.91 bits per heavy atom. The molecule has 1 heterocycles. The minimum atomic E-state index is -4.21. The molecule has 0 saturated carbocycles. The maximum Gasteiger partial charge on any atom is 0.389 e. The summed E-state index contributed by atoms with van der Waals surface area (Å²) >= 11 is 5.88. The molecule has 1 aliphatic rings. The highest BCUT2D eigenvalue weighted by Crippen LogP contribution is 2.38. The molecule has 0 aromatic heterocycles. The summed E-state index contributed by atoms with van der Waals surface area (Å²) in [6.07, 6.45) is -5.18. The van der Waals surface area contributed by atoms with E-state index in [1.165, 1.54) is 6.07 Å². The lowest BCUT2D eigenvalue weighted by Crippen LogP contribution is -2.45. The second kappa shape index (κ2) is 8.24. The predicted molar refractivity (Wildman–Crippen MR) is 82.8 cm³/mol. The Hall–Kier alpha value is -0.690. The summed E-state index contributed by atoms with van der Waals surface area (Å²) in [7, 11) is 0. The molecule has 126 valence electrons. The summed E-state index contributed by atoms with van der Waals surface area (Å²) in [5.41, 5.74) is 0.466. The number of benzene rings is 1. The summed E-state index contributed by atoms with van der Waals surface area (Å²) < 4.78 is 37.7. The molecule has 8 heteroatoms. The normalized spacial score (nSPS) is 17.8. The number of hydrogen-bond donors (Lipinski definition) is 2. The average Bonchev–Trinajstić information content (AvgIpc) is 2.43. The highest BCUT2D eigenvalue weighted by molar-refractivity contribution is 6.32. The molecule has 1 fully saturated rings. The maximum absolute atomic E-state index is 12.6. The van der Waals surface area contributed by atoms with Crippen LogP contribution < -0.4 is 5.32 Å². The van der Waals surface area contributed by atoms with Crippen molar-refractivity contribution in [2.75, 3.05) is 26.2 Å². The fourth-order valence-electron chi connectivity index (χ4n) is 2.63. The summed E-state index contributed by atoms with van der Waals surface area (Å²) in [6, 6.07) is 4.34. The number of rotatable bonds is 4. The van der Waals surface area contributed by atoms with E-state index in [1.807, 2.05) is 4.90 Å². The van der Waals surface area contributed by atoms with Gasteiger partial charge in [-0.05, 0) is 12.5 Å². The van der Waals surface area contributed by atoms with E-state index < -0.39 is 18.6 Å². The van der Waals surface area contributed by atoms with Crippen molar-refractivity contribution in [3.05, 3.63) is 28.8 Å². The van der Waals surface area contributed by atoms with Gasteiger partial charge in [0.2, 0.25) is 0 Å². The molecule has 1 atom stereocenters. The zero-order valence-corrected chi connectivity index (χ0v) is 13.4. The van der Waals surface area contributed by atoms with E-state index in [1.54, 1.807) is 12.1 Å². The number of piperazine rings is 1. The number of nitrogens with zero attached hydrogens (tertiary/aromatic N) is 1. The van der Waals surface area contributed by atoms with E-state index in [2.05, 4.69) is 5.32 Å². The first kappa shape index (κ1) is 19.4. The predicted octanol–water partition coefficient (Wildman–Crippen LogP) is 3.76. The Bertz CT molecular complexity index is 480. The lowest BCUT2D eigenvalue weighted by atomic mass is 9.98. The number of alkyl halides is 3. The molecule has 1 aliphatic heterocycles. The molecule has 1 saturated heterocycles. The molecule has 0 aliphatic carbocycles. The van der Waals surface area contributed by atoms with Crippen molar-refractivity contribution in [1.29, 1.82) is 0 Å². The number of nitrogens with one attached hydrogen (secondary N) is 1. The third-order valence-corrected chi connectivity index (χ3v) is 3.98. The van der Waals surface area contributed by atoms with Gasteiger partial charge in [-0.25, -0.2) is 0 Å². The van der Waals surface area contributed by atoms with Crippen LogP contribution >= 0.6 is 24.0 Å². The number of halogens is 5. The molecule has 0 radical (unpaired) electrons. The van der Waals surface area contributed by atoms with Crippen LogP contribution in [0, 0.1) is 0 Å². The van der Waals surface area contributed by atoms with Gasteiger partial charge in [0.25, 0.3) is 0 Å². The van der Waals surface area contributed by atoms with E-state index in [9.17, 15) is 18.3 Å². The van der Waals surface area contributed by atoms with Crippen molar-refractivity contribution in [3.8, 4) is 5.75 Å². The SMILES string of the molecule is Cl.Oc1c(Cl)cccc1[C@@H](CCC(F)(F)F)N1CCNCC1. The first-order valence-corrected chi connectivity index (χ1v) is 7.25. The van der Waals surface area contributed by atoms with E-state index in [0.717, 1.165) is 13.1 Å². The lowest BCUT2D eigenvalue weighted by molar-refractivity contribution is -0.138. The van der Waals surface area contributed by atoms with Crippen molar-refractivity contribution in [2.24, 2.45) is 0 Å². The van der Waals surface area contributed by atoms with Gasteiger partial charge >= 0.3 is 6.18 Å². The van der Waals surface area contributed by atoms with E-state index in [-0.39, 0.29) is 29.6 Å². The third-order valence-electron chi connectivity index (χ3n) is 3.67. The van der Waals surface area contributed by atoms with E-state index in [4.69, 9.17) is 11.6 Å². The second-order valence-corrected chi connectivity index (χ2v) is 5.54. The van der Waals surface area contributed by atoms with E-state index >= 15 is 0 Å². The molecule has 0 bridgehead atoms. The fraction of sp³-hybridized carbons (Fsp3) is 0.571. The Morgan fingerprint density at radius 1 is 1.27 bits per heavy atom. The molecule has 0 spiro atoms. The standard InChI is InChI=1S/C14H18ClF3N2O.ClH/c15-11-3-1-2-10(13(11)21)12(4-5-14(16,17)18)20-8-6-19-7-9-20;/h1-3,12,19,21H,4-9H2;1H/t12-;/m1./s1. The van der Waals surface area contributed by atoms with Crippen LogP contribution in [0.15, 0.2) is 18.2 Å². The summed E-state index contributed by atoms with van der Waals surface area (Å²) in [4.78, 5) is 1.97. The molecule has 3 nitrogen and oxygen atoms in total. The summed E-state index contributed by atoms with van der Waals surface area (Å²) in [6.45, 7) is 2.75. The second-order valence-electron chi connectivity index (χ2n) is 5.13. The monoisotopic (exact) mass is 358 g/mol. The Kier molecular flexibility index (Phi) is 7.25. The average molecular weight is 359 g/mol. The van der Waals surface area contributed by atoms with Gasteiger partial charge in [0.15, 0.2) is 0 Å². The van der Waals surface area contributed by atoms with Gasteiger partial charge in [-0.2, -0.15) is 13.2 Å². The Labute approximate surface area is 138 Å². The number of hydrogen-bond acceptors (Lipinski definition) is 3. The number of phenols is 1. The minimum absolute atomic E-state index is 0. The van der Waals surface area contributed by atoms with Gasteiger partial charge < -0.3 is 10.4 Å². The first-order valence-electron chi connectivity index (χ1n) is 6.87. The van der Waals surface area contributed by atoms with Crippen molar-refractivity contribution >= 4 is 24.0 Å². The van der Waals surface area contributed by atoms with Crippen molar-refractivity contribution in [2.45, 2.75) is 25.1 Å². The fourth-order valence-corrected chi connectivity index (χ4v) is 2.81. The maximum atomic E-state index is 12.6. The molecular formula is C14H19Cl2F3N2O. The Balaban J connectivity index is 0.00000242. The van der Waals surface area contributed by atoms with Crippen LogP contribution in [0.5, 0.6) is 5.75 Å². The lowest BCUT2D eigenvalue weighted by Gasteiger charge is -2.35. The van der Waals surface area contributed by atoms with Gasteiger partial charge in [0.05, 0.1) is 5.02 Å². The number of para-hydroxylation sites is 1. The molecule has 22 heavy (non-hydrogen) atoms. The van der Waals surface area contributed by atoms with Crippen LogP contribution in [-0.2, 0) is 0 Å². The summed E-state index contributed by atoms with van der Waals surface area (Å²) in [5.74, 6) is -0.120. The van der Waals surface area contributed by atoms with Crippen molar-refractivity contribution < 1.29 is 18.3 Å². The van der Waals surface area contributed by atoms with Gasteiger partial charge in [-0.15, -0.1) is 12.4 Å². The molecule has 0 amide bonds. The van der Waals surface area contributed by atoms with Crippen molar-refractivity contribution in [3.63, 3.8) is 0 Å². The van der Waals surface area contributed by atoms with Gasteiger partial charge in [-0.3, -0.25) is 4.90 Å². The highest BCUT2D eigenvalue weighted by Gasteiger charge is 2.32. The largest absolute Gasteiger partial charge is 0.506 e. The smallest absolute Gasteiger partial charge is 0.389 e.